The van der Waals surface area contributed by atoms with Gasteiger partial charge in [0.2, 0.25) is 15.9 Å². The molecule has 1 rings (SSSR count). The number of unbranched alkanes of at least 4 members (excludes halogenated alkanes) is 1. The molecule has 1 aromatic carbocycles. The number of anilines is 1. The van der Waals surface area contributed by atoms with Crippen molar-refractivity contribution in [3.05, 3.63) is 29.3 Å². The zero-order valence-electron chi connectivity index (χ0n) is 12.3. The summed E-state index contributed by atoms with van der Waals surface area (Å²) in [5.41, 5.74) is 0.604. The number of carbonyl (C=O) groups is 1. The second-order valence-electron chi connectivity index (χ2n) is 4.82. The molecule has 0 aliphatic heterocycles. The summed E-state index contributed by atoms with van der Waals surface area (Å²) in [7, 11) is -3.28. The van der Waals surface area contributed by atoms with Crippen molar-refractivity contribution >= 4 is 33.2 Å². The predicted octanol–water partition coefficient (Wildman–Crippen LogP) is 2.73. The molecule has 0 bridgehead atoms. The Balaban J connectivity index is 2.53. The summed E-state index contributed by atoms with van der Waals surface area (Å²) in [6, 6.07) is 6.83. The number of nitrogens with zero attached hydrogens (tertiary/aromatic N) is 1. The highest BCUT2D eigenvalue weighted by Crippen LogP contribution is 2.15. The molecule has 1 amide bonds. The molecule has 1 aromatic rings. The molecular weight excluding hydrogens is 312 g/mol. The minimum atomic E-state index is -3.28. The number of hydrogen-bond donors (Lipinski definition) is 1. The largest absolute Gasteiger partial charge is 0.326 e. The maximum Gasteiger partial charge on any atom is 0.225 e. The first kappa shape index (κ1) is 17.9. The topological polar surface area (TPSA) is 66.5 Å². The van der Waals surface area contributed by atoms with Crippen LogP contribution in [0.4, 0.5) is 5.69 Å². The lowest BCUT2D eigenvalue weighted by Crippen LogP contribution is -2.33. The summed E-state index contributed by atoms with van der Waals surface area (Å²) in [6.07, 6.45) is 2.96. The molecule has 0 fully saturated rings. The quantitative estimate of drug-likeness (QED) is 0.796. The van der Waals surface area contributed by atoms with Gasteiger partial charge in [0.05, 0.1) is 6.26 Å². The van der Waals surface area contributed by atoms with Crippen LogP contribution in [0, 0.1) is 0 Å². The number of carbonyl (C=O) groups excluding carboxylic acids is 1. The molecule has 0 aliphatic carbocycles. The SMILES string of the molecule is CCCCN(CCC(=O)Nc1cccc(Cl)c1)S(C)(=O)=O. The molecule has 118 valence electrons. The van der Waals surface area contributed by atoms with Crippen molar-refractivity contribution in [3.63, 3.8) is 0 Å². The van der Waals surface area contributed by atoms with Crippen LogP contribution in [-0.2, 0) is 14.8 Å². The number of benzene rings is 1. The average Bonchev–Trinajstić information content (AvgIpc) is 2.37. The summed E-state index contributed by atoms with van der Waals surface area (Å²) in [5.74, 6) is -0.234. The normalized spacial score (nSPS) is 11.6. The lowest BCUT2D eigenvalue weighted by Gasteiger charge is -2.19. The zero-order chi connectivity index (χ0) is 15.9. The lowest BCUT2D eigenvalue weighted by atomic mass is 10.3. The molecule has 0 aromatic heterocycles. The van der Waals surface area contributed by atoms with Crippen LogP contribution in [0.3, 0.4) is 0 Å². The van der Waals surface area contributed by atoms with Gasteiger partial charge in [-0.15, -0.1) is 0 Å². The monoisotopic (exact) mass is 332 g/mol. The molecular formula is C14H21ClN2O3S. The van der Waals surface area contributed by atoms with Gasteiger partial charge >= 0.3 is 0 Å². The first-order valence-corrected chi connectivity index (χ1v) is 9.06. The Morgan fingerprint density at radius 1 is 1.33 bits per heavy atom. The second-order valence-corrected chi connectivity index (χ2v) is 7.24. The number of amides is 1. The van der Waals surface area contributed by atoms with Crippen molar-refractivity contribution in [3.8, 4) is 0 Å². The van der Waals surface area contributed by atoms with E-state index in [1.54, 1.807) is 24.3 Å². The predicted molar refractivity (Wildman–Crippen MR) is 86.0 cm³/mol. The molecule has 0 aliphatic rings. The minimum Gasteiger partial charge on any atom is -0.326 e. The molecule has 1 N–H and O–H groups in total. The van der Waals surface area contributed by atoms with Crippen LogP contribution in [0.15, 0.2) is 24.3 Å². The minimum absolute atomic E-state index is 0.114. The molecule has 0 radical (unpaired) electrons. The van der Waals surface area contributed by atoms with E-state index < -0.39 is 10.0 Å². The van der Waals surface area contributed by atoms with Gasteiger partial charge in [0.15, 0.2) is 0 Å². The lowest BCUT2D eigenvalue weighted by molar-refractivity contribution is -0.116. The highest BCUT2D eigenvalue weighted by molar-refractivity contribution is 7.88. The average molecular weight is 333 g/mol. The van der Waals surface area contributed by atoms with E-state index in [1.807, 2.05) is 6.92 Å². The Morgan fingerprint density at radius 3 is 2.62 bits per heavy atom. The highest BCUT2D eigenvalue weighted by atomic mass is 35.5. The Kier molecular flexibility index (Phi) is 7.14. The third-order valence-corrected chi connectivity index (χ3v) is 4.47. The van der Waals surface area contributed by atoms with E-state index in [9.17, 15) is 13.2 Å². The maximum absolute atomic E-state index is 11.9. The van der Waals surface area contributed by atoms with E-state index >= 15 is 0 Å². The molecule has 0 spiro atoms. The van der Waals surface area contributed by atoms with Gasteiger partial charge in [0.1, 0.15) is 0 Å². The van der Waals surface area contributed by atoms with Crippen LogP contribution in [0.2, 0.25) is 5.02 Å². The van der Waals surface area contributed by atoms with E-state index in [0.29, 0.717) is 17.3 Å². The summed E-state index contributed by atoms with van der Waals surface area (Å²) in [6.45, 7) is 2.62. The first-order chi connectivity index (χ1) is 9.82. The van der Waals surface area contributed by atoms with Crippen LogP contribution in [0.5, 0.6) is 0 Å². The highest BCUT2D eigenvalue weighted by Gasteiger charge is 2.17. The number of halogens is 1. The van der Waals surface area contributed by atoms with Gasteiger partial charge in [-0.25, -0.2) is 12.7 Å². The van der Waals surface area contributed by atoms with Crippen molar-refractivity contribution in [2.24, 2.45) is 0 Å². The van der Waals surface area contributed by atoms with Gasteiger partial charge in [-0.1, -0.05) is 31.0 Å². The molecule has 0 saturated heterocycles. The number of sulfonamides is 1. The smallest absolute Gasteiger partial charge is 0.225 e. The van der Waals surface area contributed by atoms with Gasteiger partial charge in [-0.3, -0.25) is 4.79 Å². The Hall–Kier alpha value is -1.11. The first-order valence-electron chi connectivity index (χ1n) is 6.83. The summed E-state index contributed by atoms with van der Waals surface area (Å²) >= 11 is 5.83. The fourth-order valence-corrected chi connectivity index (χ4v) is 2.87. The van der Waals surface area contributed by atoms with Gasteiger partial charge in [-0.05, 0) is 24.6 Å². The standard InChI is InChI=1S/C14H21ClN2O3S/c1-3-4-9-17(21(2,19)20)10-8-14(18)16-13-7-5-6-12(15)11-13/h5-7,11H,3-4,8-10H2,1-2H3,(H,16,18). The fourth-order valence-electron chi connectivity index (χ4n) is 1.79. The second kappa shape index (κ2) is 8.36. The number of rotatable bonds is 8. The molecule has 0 heterocycles. The Morgan fingerprint density at radius 2 is 2.05 bits per heavy atom. The van der Waals surface area contributed by atoms with Gasteiger partial charge in [0, 0.05) is 30.2 Å². The van der Waals surface area contributed by atoms with Crippen LogP contribution >= 0.6 is 11.6 Å². The van der Waals surface area contributed by atoms with E-state index in [-0.39, 0.29) is 18.9 Å². The van der Waals surface area contributed by atoms with Gasteiger partial charge in [-0.2, -0.15) is 0 Å². The van der Waals surface area contributed by atoms with Crippen molar-refractivity contribution in [1.82, 2.24) is 4.31 Å². The van der Waals surface area contributed by atoms with E-state index in [2.05, 4.69) is 5.32 Å². The van der Waals surface area contributed by atoms with Crippen molar-refractivity contribution in [2.45, 2.75) is 26.2 Å². The number of nitrogens with one attached hydrogen (secondary N) is 1. The van der Waals surface area contributed by atoms with Gasteiger partial charge < -0.3 is 5.32 Å². The van der Waals surface area contributed by atoms with Crippen LogP contribution in [0.25, 0.3) is 0 Å². The van der Waals surface area contributed by atoms with Crippen LogP contribution in [0.1, 0.15) is 26.2 Å². The summed E-state index contributed by atoms with van der Waals surface area (Å²) in [5, 5.41) is 3.24. The third-order valence-electron chi connectivity index (χ3n) is 2.93. The van der Waals surface area contributed by atoms with E-state index in [1.165, 1.54) is 4.31 Å². The Labute approximate surface area is 131 Å². The fraction of sp³-hybridized carbons (Fsp3) is 0.500. The number of hydrogen-bond acceptors (Lipinski definition) is 3. The molecule has 21 heavy (non-hydrogen) atoms. The zero-order valence-corrected chi connectivity index (χ0v) is 13.9. The van der Waals surface area contributed by atoms with Crippen molar-refractivity contribution < 1.29 is 13.2 Å². The summed E-state index contributed by atoms with van der Waals surface area (Å²) < 4.78 is 24.6. The Bertz CT molecular complexity index is 575. The molecule has 5 nitrogen and oxygen atoms in total. The summed E-state index contributed by atoms with van der Waals surface area (Å²) in [4.78, 5) is 11.9. The maximum atomic E-state index is 11.9. The van der Waals surface area contributed by atoms with E-state index in [0.717, 1.165) is 19.1 Å². The molecule has 0 saturated carbocycles. The molecule has 7 heteroatoms. The van der Waals surface area contributed by atoms with Crippen molar-refractivity contribution in [2.75, 3.05) is 24.7 Å². The van der Waals surface area contributed by atoms with Crippen molar-refractivity contribution in [1.29, 1.82) is 0 Å². The molecule has 0 unspecified atom stereocenters. The molecule has 0 atom stereocenters. The van der Waals surface area contributed by atoms with Crippen LogP contribution < -0.4 is 5.32 Å². The van der Waals surface area contributed by atoms with E-state index in [4.69, 9.17) is 11.6 Å². The third kappa shape index (κ3) is 6.93. The van der Waals surface area contributed by atoms with Gasteiger partial charge in [0.25, 0.3) is 0 Å². The van der Waals surface area contributed by atoms with Crippen LogP contribution in [-0.4, -0.2) is 38.0 Å².